The number of nitrogens with zero attached hydrogens (tertiary/aromatic N) is 3. The lowest BCUT2D eigenvalue weighted by Crippen LogP contribution is -2.14. The van der Waals surface area contributed by atoms with Gasteiger partial charge >= 0.3 is 0 Å². The third-order valence-corrected chi connectivity index (χ3v) is 2.71. The zero-order chi connectivity index (χ0) is 11.7. The Hall–Kier alpha value is -1.68. The minimum atomic E-state index is -0.250. The van der Waals surface area contributed by atoms with Gasteiger partial charge in [0.1, 0.15) is 5.82 Å². The molecule has 0 saturated heterocycles. The Morgan fingerprint density at radius 1 is 1.19 bits per heavy atom. The van der Waals surface area contributed by atoms with Crippen LogP contribution in [-0.2, 0) is 7.05 Å². The van der Waals surface area contributed by atoms with Gasteiger partial charge in [-0.3, -0.25) is 4.68 Å². The zero-order valence-electron chi connectivity index (χ0n) is 9.81. The smallest absolute Gasteiger partial charge is 0.172 e. The van der Waals surface area contributed by atoms with Crippen LogP contribution in [0.5, 0.6) is 0 Å². The van der Waals surface area contributed by atoms with E-state index in [1.54, 1.807) is 4.68 Å². The van der Waals surface area contributed by atoms with Crippen LogP contribution in [0.4, 0.5) is 0 Å². The van der Waals surface area contributed by atoms with Crippen LogP contribution in [0.15, 0.2) is 24.3 Å². The summed E-state index contributed by atoms with van der Waals surface area (Å²) in [6, 6.07) is 7.88. The predicted molar refractivity (Wildman–Crippen MR) is 62.9 cm³/mol. The first-order chi connectivity index (χ1) is 7.58. The lowest BCUT2D eigenvalue weighted by atomic mass is 10.1. The molecule has 0 bridgehead atoms. The van der Waals surface area contributed by atoms with Crippen LogP contribution in [0.25, 0.3) is 0 Å². The van der Waals surface area contributed by atoms with Gasteiger partial charge in [0.05, 0.1) is 6.04 Å². The Morgan fingerprint density at radius 2 is 1.81 bits per heavy atom. The summed E-state index contributed by atoms with van der Waals surface area (Å²) in [5.74, 6) is 1.54. The van der Waals surface area contributed by atoms with Gasteiger partial charge in [0.2, 0.25) is 0 Å². The molecule has 0 aliphatic heterocycles. The molecule has 1 heterocycles. The average molecular weight is 216 g/mol. The summed E-state index contributed by atoms with van der Waals surface area (Å²) in [5.41, 5.74) is 8.37. The molecule has 0 spiro atoms. The number of rotatable bonds is 2. The lowest BCUT2D eigenvalue weighted by Gasteiger charge is -2.07. The Balaban J connectivity index is 2.31. The second kappa shape index (κ2) is 4.06. The monoisotopic (exact) mass is 216 g/mol. The molecule has 1 aromatic heterocycles. The molecule has 16 heavy (non-hydrogen) atoms. The Labute approximate surface area is 95.1 Å². The van der Waals surface area contributed by atoms with Crippen molar-refractivity contribution < 1.29 is 0 Å². The second-order valence-corrected chi connectivity index (χ2v) is 4.03. The minimum Gasteiger partial charge on any atom is -0.318 e. The van der Waals surface area contributed by atoms with Crippen molar-refractivity contribution >= 4 is 0 Å². The molecular formula is C12H16N4. The van der Waals surface area contributed by atoms with E-state index in [2.05, 4.69) is 17.0 Å². The number of aryl methyl sites for hydroxylation is 3. The van der Waals surface area contributed by atoms with Crippen molar-refractivity contribution in [3.63, 3.8) is 0 Å². The Kier molecular flexibility index (Phi) is 2.75. The highest BCUT2D eigenvalue weighted by atomic mass is 15.3. The fourth-order valence-corrected chi connectivity index (χ4v) is 1.54. The quantitative estimate of drug-likeness (QED) is 0.827. The van der Waals surface area contributed by atoms with Crippen molar-refractivity contribution in [1.82, 2.24) is 14.8 Å². The van der Waals surface area contributed by atoms with Crippen molar-refractivity contribution in [1.29, 1.82) is 0 Å². The normalized spacial score (nSPS) is 12.8. The summed E-state index contributed by atoms with van der Waals surface area (Å²) >= 11 is 0. The van der Waals surface area contributed by atoms with Gasteiger partial charge in [-0.15, -0.1) is 0 Å². The van der Waals surface area contributed by atoms with Crippen molar-refractivity contribution in [3.8, 4) is 0 Å². The van der Waals surface area contributed by atoms with Gasteiger partial charge in [-0.25, -0.2) is 4.98 Å². The van der Waals surface area contributed by atoms with Crippen LogP contribution in [-0.4, -0.2) is 14.8 Å². The molecule has 0 amide bonds. The molecule has 2 rings (SSSR count). The highest BCUT2D eigenvalue weighted by molar-refractivity contribution is 5.27. The largest absolute Gasteiger partial charge is 0.318 e. The van der Waals surface area contributed by atoms with Gasteiger partial charge in [0, 0.05) is 7.05 Å². The van der Waals surface area contributed by atoms with Crippen molar-refractivity contribution in [2.24, 2.45) is 12.8 Å². The average Bonchev–Trinajstić information content (AvgIpc) is 2.59. The molecule has 1 atom stereocenters. The number of nitrogens with two attached hydrogens (primary N) is 1. The van der Waals surface area contributed by atoms with E-state index >= 15 is 0 Å². The fourth-order valence-electron chi connectivity index (χ4n) is 1.54. The maximum Gasteiger partial charge on any atom is 0.172 e. The molecule has 4 nitrogen and oxygen atoms in total. The van der Waals surface area contributed by atoms with Gasteiger partial charge in [-0.05, 0) is 19.4 Å². The van der Waals surface area contributed by atoms with E-state index in [0.29, 0.717) is 5.82 Å². The van der Waals surface area contributed by atoms with E-state index in [0.717, 1.165) is 11.4 Å². The van der Waals surface area contributed by atoms with Crippen LogP contribution >= 0.6 is 0 Å². The molecule has 2 aromatic rings. The third-order valence-electron chi connectivity index (χ3n) is 2.71. The van der Waals surface area contributed by atoms with Crippen LogP contribution in [0.3, 0.4) is 0 Å². The first-order valence-corrected chi connectivity index (χ1v) is 5.27. The van der Waals surface area contributed by atoms with Gasteiger partial charge in [0.25, 0.3) is 0 Å². The van der Waals surface area contributed by atoms with E-state index in [4.69, 9.17) is 5.73 Å². The van der Waals surface area contributed by atoms with Gasteiger partial charge in [-0.2, -0.15) is 5.10 Å². The molecule has 0 aliphatic rings. The molecular weight excluding hydrogens is 200 g/mol. The second-order valence-electron chi connectivity index (χ2n) is 4.03. The summed E-state index contributed by atoms with van der Waals surface area (Å²) in [4.78, 5) is 4.34. The van der Waals surface area contributed by atoms with E-state index < -0.39 is 0 Å². The molecule has 84 valence electrons. The van der Waals surface area contributed by atoms with E-state index in [1.165, 1.54) is 5.56 Å². The molecule has 2 N–H and O–H groups in total. The van der Waals surface area contributed by atoms with Crippen molar-refractivity contribution in [2.75, 3.05) is 0 Å². The fraction of sp³-hybridized carbons (Fsp3) is 0.333. The van der Waals surface area contributed by atoms with E-state index in [-0.39, 0.29) is 6.04 Å². The number of benzene rings is 1. The van der Waals surface area contributed by atoms with E-state index in [9.17, 15) is 0 Å². The summed E-state index contributed by atoms with van der Waals surface area (Å²) in [5, 5.41) is 4.29. The first kappa shape index (κ1) is 10.8. The third kappa shape index (κ3) is 1.97. The van der Waals surface area contributed by atoms with Crippen LogP contribution in [0, 0.1) is 13.8 Å². The number of hydrogen-bond donors (Lipinski definition) is 1. The summed E-state index contributed by atoms with van der Waals surface area (Å²) in [7, 11) is 1.87. The highest BCUT2D eigenvalue weighted by Gasteiger charge is 2.14. The van der Waals surface area contributed by atoms with Crippen LogP contribution < -0.4 is 5.73 Å². The Morgan fingerprint density at radius 3 is 2.31 bits per heavy atom. The van der Waals surface area contributed by atoms with Gasteiger partial charge in [0.15, 0.2) is 5.82 Å². The predicted octanol–water partition coefficient (Wildman–Crippen LogP) is 1.48. The molecule has 0 unspecified atom stereocenters. The summed E-state index contributed by atoms with van der Waals surface area (Å²) in [6.07, 6.45) is 0. The van der Waals surface area contributed by atoms with Crippen molar-refractivity contribution in [3.05, 3.63) is 47.0 Å². The maximum atomic E-state index is 6.11. The van der Waals surface area contributed by atoms with Crippen LogP contribution in [0.2, 0.25) is 0 Å². The van der Waals surface area contributed by atoms with Gasteiger partial charge < -0.3 is 5.73 Å². The molecule has 0 aliphatic carbocycles. The highest BCUT2D eigenvalue weighted by Crippen LogP contribution is 2.16. The van der Waals surface area contributed by atoms with E-state index in [1.807, 2.05) is 38.2 Å². The molecule has 4 heteroatoms. The maximum absolute atomic E-state index is 6.11. The minimum absolute atomic E-state index is 0.250. The molecule has 1 aromatic carbocycles. The zero-order valence-corrected chi connectivity index (χ0v) is 9.81. The molecule has 0 fully saturated rings. The van der Waals surface area contributed by atoms with Gasteiger partial charge in [-0.1, -0.05) is 29.8 Å². The topological polar surface area (TPSA) is 56.7 Å². The molecule has 0 radical (unpaired) electrons. The van der Waals surface area contributed by atoms with Crippen LogP contribution in [0.1, 0.15) is 28.8 Å². The standard InChI is InChI=1S/C12H16N4/c1-8-4-6-10(7-5-8)11(13)12-14-9(2)16(3)15-12/h4-7,11H,13H2,1-3H3/t11-/m1/s1. The Bertz CT molecular complexity index is 465. The SMILES string of the molecule is Cc1ccc([C@@H](N)c2nc(C)n(C)n2)cc1. The number of hydrogen-bond acceptors (Lipinski definition) is 3. The number of aromatic nitrogens is 3. The molecule has 0 saturated carbocycles. The summed E-state index contributed by atoms with van der Waals surface area (Å²) < 4.78 is 1.74. The lowest BCUT2D eigenvalue weighted by molar-refractivity contribution is 0.700. The first-order valence-electron chi connectivity index (χ1n) is 5.27. The summed E-state index contributed by atoms with van der Waals surface area (Å²) in [6.45, 7) is 3.97. The van der Waals surface area contributed by atoms with Crippen molar-refractivity contribution in [2.45, 2.75) is 19.9 Å².